The zero-order chi connectivity index (χ0) is 6.85. The van der Waals surface area contributed by atoms with E-state index in [2.05, 4.69) is 6.92 Å². The highest BCUT2D eigenvalue weighted by molar-refractivity contribution is 6.32. The summed E-state index contributed by atoms with van der Waals surface area (Å²) >= 11 is 5.82. The summed E-state index contributed by atoms with van der Waals surface area (Å²) in [5.41, 5.74) is 1.99. The molecule has 0 aliphatic rings. The van der Waals surface area contributed by atoms with Gasteiger partial charge in [-0.3, -0.25) is 0 Å². The lowest BCUT2D eigenvalue weighted by Gasteiger charge is -1.98. The van der Waals surface area contributed by atoms with Gasteiger partial charge in [-0.25, -0.2) is 0 Å². The maximum atomic E-state index is 5.82. The van der Waals surface area contributed by atoms with Crippen molar-refractivity contribution in [3.05, 3.63) is 41.3 Å². The van der Waals surface area contributed by atoms with Crippen LogP contribution in [-0.4, -0.2) is 0 Å². The van der Waals surface area contributed by atoms with E-state index in [-0.39, 0.29) is 0 Å². The van der Waals surface area contributed by atoms with Gasteiger partial charge >= 0.3 is 0 Å². The fourth-order valence-corrected chi connectivity index (χ4v) is 0.834. The molecule has 1 radical (unpaired) electrons. The van der Waals surface area contributed by atoms with Crippen LogP contribution in [0.25, 0.3) is 0 Å². The van der Waals surface area contributed by atoms with Crippen LogP contribution in [0.1, 0.15) is 11.1 Å². The first-order chi connectivity index (χ1) is 4.22. The van der Waals surface area contributed by atoms with Crippen molar-refractivity contribution in [2.24, 2.45) is 0 Å². The highest BCUT2D eigenvalue weighted by Gasteiger charge is 1.94. The standard InChI is InChI=1S/C8H8Cl/c1-6-4-3-5-7(2)8(6)9/h3-5H,1H2,2H3. The third-order valence-corrected chi connectivity index (χ3v) is 1.81. The Morgan fingerprint density at radius 1 is 1.44 bits per heavy atom. The van der Waals surface area contributed by atoms with E-state index in [0.717, 1.165) is 16.1 Å². The second kappa shape index (κ2) is 2.40. The SMILES string of the molecule is [CH2]c1cccc(C)c1Cl. The van der Waals surface area contributed by atoms with Gasteiger partial charge in [0.1, 0.15) is 0 Å². The molecule has 0 aromatic heterocycles. The third-order valence-electron chi connectivity index (χ3n) is 1.27. The van der Waals surface area contributed by atoms with E-state index >= 15 is 0 Å². The van der Waals surface area contributed by atoms with Gasteiger partial charge in [-0.1, -0.05) is 29.8 Å². The van der Waals surface area contributed by atoms with E-state index in [1.807, 2.05) is 25.1 Å². The second-order valence-corrected chi connectivity index (χ2v) is 2.43. The van der Waals surface area contributed by atoms with E-state index < -0.39 is 0 Å². The van der Waals surface area contributed by atoms with Crippen molar-refractivity contribution >= 4 is 11.6 Å². The normalized spacial score (nSPS) is 9.67. The molecule has 47 valence electrons. The van der Waals surface area contributed by atoms with Crippen LogP contribution in [0, 0.1) is 13.8 Å². The van der Waals surface area contributed by atoms with Gasteiger partial charge in [-0.05, 0) is 25.0 Å². The zero-order valence-electron chi connectivity index (χ0n) is 5.32. The van der Waals surface area contributed by atoms with Crippen molar-refractivity contribution in [2.45, 2.75) is 6.92 Å². The molecule has 0 heterocycles. The first-order valence-corrected chi connectivity index (χ1v) is 3.16. The van der Waals surface area contributed by atoms with Crippen LogP contribution >= 0.6 is 11.6 Å². The molecule has 0 unspecified atom stereocenters. The van der Waals surface area contributed by atoms with Crippen LogP contribution in [0.15, 0.2) is 18.2 Å². The van der Waals surface area contributed by atoms with Crippen molar-refractivity contribution in [3.63, 3.8) is 0 Å². The molecule has 9 heavy (non-hydrogen) atoms. The number of hydrogen-bond acceptors (Lipinski definition) is 0. The largest absolute Gasteiger partial charge is 0.0837 e. The molecular weight excluding hydrogens is 132 g/mol. The summed E-state index contributed by atoms with van der Waals surface area (Å²) in [6.45, 7) is 5.72. The van der Waals surface area contributed by atoms with E-state index in [0.29, 0.717) is 0 Å². The van der Waals surface area contributed by atoms with Crippen molar-refractivity contribution < 1.29 is 0 Å². The van der Waals surface area contributed by atoms with Crippen molar-refractivity contribution in [1.82, 2.24) is 0 Å². The summed E-state index contributed by atoms with van der Waals surface area (Å²) in [7, 11) is 0. The maximum Gasteiger partial charge on any atom is 0.0467 e. The second-order valence-electron chi connectivity index (χ2n) is 2.05. The van der Waals surface area contributed by atoms with Crippen LogP contribution in [0.3, 0.4) is 0 Å². The number of halogens is 1. The van der Waals surface area contributed by atoms with E-state index in [1.165, 1.54) is 0 Å². The molecular formula is C8H8Cl. The zero-order valence-corrected chi connectivity index (χ0v) is 6.07. The Hall–Kier alpha value is -0.490. The van der Waals surface area contributed by atoms with E-state index in [4.69, 9.17) is 11.6 Å². The fourth-order valence-electron chi connectivity index (χ4n) is 0.708. The molecule has 0 atom stereocenters. The minimum absolute atomic E-state index is 0.775. The van der Waals surface area contributed by atoms with Gasteiger partial charge in [-0.2, -0.15) is 0 Å². The van der Waals surface area contributed by atoms with Gasteiger partial charge in [-0.15, -0.1) is 0 Å². The minimum Gasteiger partial charge on any atom is -0.0837 e. The molecule has 1 aromatic carbocycles. The molecule has 0 bridgehead atoms. The van der Waals surface area contributed by atoms with Gasteiger partial charge in [0.25, 0.3) is 0 Å². The van der Waals surface area contributed by atoms with Crippen LogP contribution in [0.4, 0.5) is 0 Å². The van der Waals surface area contributed by atoms with Crippen LogP contribution in [0.2, 0.25) is 5.02 Å². The molecule has 1 rings (SSSR count). The smallest absolute Gasteiger partial charge is 0.0467 e. The Balaban J connectivity index is 3.25. The highest BCUT2D eigenvalue weighted by Crippen LogP contribution is 2.18. The van der Waals surface area contributed by atoms with Crippen molar-refractivity contribution in [3.8, 4) is 0 Å². The van der Waals surface area contributed by atoms with Gasteiger partial charge < -0.3 is 0 Å². The summed E-state index contributed by atoms with van der Waals surface area (Å²) < 4.78 is 0. The molecule has 0 amide bonds. The predicted octanol–water partition coefficient (Wildman–Crippen LogP) is 2.83. The van der Waals surface area contributed by atoms with E-state index in [1.54, 1.807) is 0 Å². The molecule has 1 heteroatoms. The topological polar surface area (TPSA) is 0 Å². The average Bonchev–Trinajstić information content (AvgIpc) is 1.83. The molecule has 0 saturated heterocycles. The molecule has 0 fully saturated rings. The lowest BCUT2D eigenvalue weighted by molar-refractivity contribution is 1.44. The molecule has 0 spiro atoms. The monoisotopic (exact) mass is 139 g/mol. The number of aryl methyl sites for hydroxylation is 1. The number of rotatable bonds is 0. The Labute approximate surface area is 60.5 Å². The van der Waals surface area contributed by atoms with E-state index in [9.17, 15) is 0 Å². The van der Waals surface area contributed by atoms with Crippen molar-refractivity contribution in [2.75, 3.05) is 0 Å². The summed E-state index contributed by atoms with van der Waals surface area (Å²) in [5, 5.41) is 0.775. The van der Waals surface area contributed by atoms with Gasteiger partial charge in [0.05, 0.1) is 0 Å². The predicted molar refractivity (Wildman–Crippen MR) is 40.6 cm³/mol. The van der Waals surface area contributed by atoms with Gasteiger partial charge in [0.15, 0.2) is 0 Å². The Morgan fingerprint density at radius 3 is 2.56 bits per heavy atom. The molecule has 0 aliphatic heterocycles. The molecule has 0 aliphatic carbocycles. The number of hydrogen-bond donors (Lipinski definition) is 0. The highest BCUT2D eigenvalue weighted by atomic mass is 35.5. The Morgan fingerprint density at radius 2 is 2.11 bits per heavy atom. The lowest BCUT2D eigenvalue weighted by Crippen LogP contribution is -1.77. The van der Waals surface area contributed by atoms with Crippen LogP contribution in [0.5, 0.6) is 0 Å². The minimum atomic E-state index is 0.775. The molecule has 0 saturated carbocycles. The van der Waals surface area contributed by atoms with Crippen LogP contribution in [-0.2, 0) is 0 Å². The average molecular weight is 140 g/mol. The first-order valence-electron chi connectivity index (χ1n) is 2.79. The van der Waals surface area contributed by atoms with Crippen molar-refractivity contribution in [1.29, 1.82) is 0 Å². The summed E-state index contributed by atoms with van der Waals surface area (Å²) in [6, 6.07) is 5.82. The fraction of sp³-hybridized carbons (Fsp3) is 0.125. The summed E-state index contributed by atoms with van der Waals surface area (Å²) in [4.78, 5) is 0. The quantitative estimate of drug-likeness (QED) is 0.519. The lowest BCUT2D eigenvalue weighted by atomic mass is 10.2. The molecule has 0 N–H and O–H groups in total. The first kappa shape index (κ1) is 6.63. The Kier molecular flexibility index (Phi) is 1.77. The van der Waals surface area contributed by atoms with Gasteiger partial charge in [0, 0.05) is 5.02 Å². The van der Waals surface area contributed by atoms with Crippen LogP contribution < -0.4 is 0 Å². The molecule has 0 nitrogen and oxygen atoms in total. The maximum absolute atomic E-state index is 5.82. The summed E-state index contributed by atoms with van der Waals surface area (Å²) in [5.74, 6) is 0. The molecule has 1 aromatic rings. The number of benzene rings is 1. The Bertz CT molecular complexity index is 196. The van der Waals surface area contributed by atoms with Gasteiger partial charge in [0.2, 0.25) is 0 Å². The third kappa shape index (κ3) is 1.25. The summed E-state index contributed by atoms with van der Waals surface area (Å²) in [6.07, 6.45) is 0.